The van der Waals surface area contributed by atoms with E-state index in [2.05, 4.69) is 0 Å². The van der Waals surface area contributed by atoms with E-state index in [4.69, 9.17) is 29.9 Å². The second-order valence-electron chi connectivity index (χ2n) is 6.65. The summed E-state index contributed by atoms with van der Waals surface area (Å²) < 4.78 is 21.1. The molecule has 32 heavy (non-hydrogen) atoms. The minimum absolute atomic E-state index is 0.0536. The predicted octanol–water partition coefficient (Wildman–Crippen LogP) is 3.01. The highest BCUT2D eigenvalue weighted by molar-refractivity contribution is 7.80. The van der Waals surface area contributed by atoms with E-state index in [1.165, 1.54) is 49.3 Å². The average Bonchev–Trinajstić information content (AvgIpc) is 3.62. The Bertz CT molecular complexity index is 912. The van der Waals surface area contributed by atoms with Gasteiger partial charge in [-0.2, -0.15) is 0 Å². The molecular formula is C21H20N2O8S. The van der Waals surface area contributed by atoms with Gasteiger partial charge in [0.2, 0.25) is 0 Å². The van der Waals surface area contributed by atoms with E-state index in [1.807, 2.05) is 0 Å². The minimum Gasteiger partial charge on any atom is -0.465 e. The number of hydrogen-bond donors (Lipinski definition) is 4. The van der Waals surface area contributed by atoms with Gasteiger partial charge in [-0.05, 0) is 60.7 Å². The van der Waals surface area contributed by atoms with Crippen LogP contribution >= 0.6 is 12.2 Å². The molecule has 4 aromatic heterocycles. The molecule has 4 unspecified atom stereocenters. The van der Waals surface area contributed by atoms with Gasteiger partial charge in [-0.3, -0.25) is 9.80 Å². The van der Waals surface area contributed by atoms with E-state index in [9.17, 15) is 20.4 Å². The van der Waals surface area contributed by atoms with Crippen molar-refractivity contribution in [2.24, 2.45) is 0 Å². The fourth-order valence-electron chi connectivity index (χ4n) is 3.12. The molecule has 4 aromatic rings. The minimum atomic E-state index is -1.60. The topological polar surface area (TPSA) is 140 Å². The largest absolute Gasteiger partial charge is 0.465 e. The maximum atomic E-state index is 11.0. The maximum Gasteiger partial charge on any atom is 0.190 e. The molecule has 0 radical (unpaired) electrons. The Morgan fingerprint density at radius 1 is 0.562 bits per heavy atom. The molecule has 0 aliphatic carbocycles. The number of aliphatic hydroxyl groups is 4. The van der Waals surface area contributed by atoms with E-state index in [0.29, 0.717) is 0 Å². The molecule has 0 aliphatic heterocycles. The van der Waals surface area contributed by atoms with Gasteiger partial charge in [0.25, 0.3) is 0 Å². The van der Waals surface area contributed by atoms with Crippen LogP contribution in [0, 0.1) is 0 Å². The highest BCUT2D eigenvalue weighted by atomic mass is 32.1. The van der Waals surface area contributed by atoms with Crippen LogP contribution in [0.15, 0.2) is 91.3 Å². The SMILES string of the molecule is OC(c1ccco1)N(C(=S)N(C(O)c1ccco1)C(O)c1ccco1)C(O)c1ccco1. The lowest BCUT2D eigenvalue weighted by molar-refractivity contribution is -0.118. The van der Waals surface area contributed by atoms with Crippen LogP contribution in [-0.4, -0.2) is 35.3 Å². The summed E-state index contributed by atoms with van der Waals surface area (Å²) in [6, 6.07) is 12.1. The van der Waals surface area contributed by atoms with Gasteiger partial charge in [0.15, 0.2) is 53.1 Å². The number of furan rings is 4. The van der Waals surface area contributed by atoms with Gasteiger partial charge >= 0.3 is 0 Å². The summed E-state index contributed by atoms with van der Waals surface area (Å²) in [5, 5.41) is 43.6. The fourth-order valence-corrected chi connectivity index (χ4v) is 3.52. The Labute approximate surface area is 187 Å². The number of thiocarbonyl (C=S) groups is 1. The quantitative estimate of drug-likeness (QED) is 0.228. The van der Waals surface area contributed by atoms with Crippen LogP contribution < -0.4 is 0 Å². The van der Waals surface area contributed by atoms with Gasteiger partial charge in [0.1, 0.15) is 0 Å². The Kier molecular flexibility index (Phi) is 6.44. The van der Waals surface area contributed by atoms with Gasteiger partial charge in [-0.15, -0.1) is 0 Å². The Hall–Kier alpha value is -3.35. The summed E-state index contributed by atoms with van der Waals surface area (Å²) in [5.41, 5.74) is 0. The zero-order valence-electron chi connectivity index (χ0n) is 16.5. The number of rotatable bonds is 8. The van der Waals surface area contributed by atoms with E-state index in [-0.39, 0.29) is 28.2 Å². The van der Waals surface area contributed by atoms with Crippen molar-refractivity contribution < 1.29 is 38.1 Å². The molecule has 0 fully saturated rings. The van der Waals surface area contributed by atoms with E-state index in [0.717, 1.165) is 9.80 Å². The third-order valence-corrected chi connectivity index (χ3v) is 5.11. The average molecular weight is 460 g/mol. The van der Waals surface area contributed by atoms with Crippen LogP contribution in [0.25, 0.3) is 0 Å². The molecule has 4 heterocycles. The lowest BCUT2D eigenvalue weighted by atomic mass is 10.2. The summed E-state index contributed by atoms with van der Waals surface area (Å²) in [6.07, 6.45) is -1.06. The molecule has 11 heteroatoms. The first-order valence-corrected chi connectivity index (χ1v) is 9.86. The third kappa shape index (κ3) is 4.20. The lowest BCUT2D eigenvalue weighted by Gasteiger charge is -2.40. The van der Waals surface area contributed by atoms with Crippen molar-refractivity contribution in [3.05, 3.63) is 96.6 Å². The van der Waals surface area contributed by atoms with Crippen molar-refractivity contribution in [2.75, 3.05) is 0 Å². The summed E-state index contributed by atoms with van der Waals surface area (Å²) in [4.78, 5) is 1.87. The molecule has 168 valence electrons. The van der Waals surface area contributed by atoms with Gasteiger partial charge < -0.3 is 38.1 Å². The molecule has 0 spiro atoms. The van der Waals surface area contributed by atoms with Gasteiger partial charge in [0.05, 0.1) is 25.1 Å². The van der Waals surface area contributed by atoms with Crippen LogP contribution in [0.1, 0.15) is 48.0 Å². The standard InChI is InChI=1S/C21H20N2O8S/c24-17(13-5-1-9-28-13)22(18(25)14-6-2-10-29-14)21(32)23(19(26)15-7-3-11-30-15)20(27)16-8-4-12-31-16/h1-12,17-20,24-27H. The normalized spacial score (nSPS) is 15.1. The van der Waals surface area contributed by atoms with Crippen molar-refractivity contribution in [2.45, 2.75) is 24.9 Å². The van der Waals surface area contributed by atoms with Gasteiger partial charge in [-0.1, -0.05) is 0 Å². The van der Waals surface area contributed by atoms with E-state index < -0.39 is 24.9 Å². The second kappa shape index (κ2) is 9.42. The Morgan fingerprint density at radius 3 is 1.00 bits per heavy atom. The first-order chi connectivity index (χ1) is 15.5. The molecule has 0 aromatic carbocycles. The van der Waals surface area contributed by atoms with Crippen molar-refractivity contribution in [1.29, 1.82) is 0 Å². The molecule has 0 bridgehead atoms. The summed E-state index contributed by atoms with van der Waals surface area (Å²) in [5.74, 6) is 0.214. The maximum absolute atomic E-state index is 11.0. The first kappa shape index (κ1) is 21.9. The molecule has 4 rings (SSSR count). The van der Waals surface area contributed by atoms with E-state index in [1.54, 1.807) is 24.3 Å². The molecule has 0 aliphatic rings. The number of aliphatic hydroxyl groups excluding tert-OH is 4. The zero-order chi connectivity index (χ0) is 22.7. The Balaban J connectivity index is 1.76. The summed E-state index contributed by atoms with van der Waals surface area (Å²) >= 11 is 5.54. The number of nitrogens with zero attached hydrogens (tertiary/aromatic N) is 2. The van der Waals surface area contributed by atoms with Gasteiger partial charge in [0, 0.05) is 0 Å². The highest BCUT2D eigenvalue weighted by Crippen LogP contribution is 2.35. The zero-order valence-corrected chi connectivity index (χ0v) is 17.3. The molecule has 4 N–H and O–H groups in total. The molecule has 0 amide bonds. The second-order valence-corrected chi connectivity index (χ2v) is 7.02. The summed E-state index contributed by atoms with van der Waals surface area (Å²) in [7, 11) is 0. The van der Waals surface area contributed by atoms with Crippen molar-refractivity contribution in [3.63, 3.8) is 0 Å². The van der Waals surface area contributed by atoms with Crippen LogP contribution in [0.2, 0.25) is 0 Å². The molecule has 10 nitrogen and oxygen atoms in total. The van der Waals surface area contributed by atoms with Crippen LogP contribution in [0.4, 0.5) is 0 Å². The highest BCUT2D eigenvalue weighted by Gasteiger charge is 2.40. The van der Waals surface area contributed by atoms with Crippen LogP contribution in [0.5, 0.6) is 0 Å². The predicted molar refractivity (Wildman–Crippen MR) is 111 cm³/mol. The molecule has 4 atom stereocenters. The van der Waals surface area contributed by atoms with Crippen molar-refractivity contribution in [1.82, 2.24) is 9.80 Å². The fraction of sp³-hybridized carbons (Fsp3) is 0.190. The first-order valence-electron chi connectivity index (χ1n) is 9.45. The summed E-state index contributed by atoms with van der Waals surface area (Å²) in [6.45, 7) is 0. The van der Waals surface area contributed by atoms with Gasteiger partial charge in [-0.25, -0.2) is 0 Å². The monoisotopic (exact) mass is 460 g/mol. The van der Waals surface area contributed by atoms with Crippen molar-refractivity contribution in [3.8, 4) is 0 Å². The van der Waals surface area contributed by atoms with Crippen molar-refractivity contribution >= 4 is 17.3 Å². The third-order valence-electron chi connectivity index (χ3n) is 4.69. The smallest absolute Gasteiger partial charge is 0.190 e. The van der Waals surface area contributed by atoms with Crippen LogP contribution in [0.3, 0.4) is 0 Å². The molecular weight excluding hydrogens is 440 g/mol. The molecule has 0 saturated carbocycles. The lowest BCUT2D eigenvalue weighted by Crippen LogP contribution is -2.49. The van der Waals surface area contributed by atoms with Crippen LogP contribution in [-0.2, 0) is 0 Å². The molecule has 0 saturated heterocycles. The van der Waals surface area contributed by atoms with E-state index >= 15 is 0 Å². The Morgan fingerprint density at radius 2 is 0.812 bits per heavy atom. The number of hydrogen-bond acceptors (Lipinski definition) is 9.